The number of rotatable bonds is 4. The Morgan fingerprint density at radius 3 is 2.59 bits per heavy atom. The van der Waals surface area contributed by atoms with E-state index in [-0.39, 0.29) is 16.9 Å². The first-order chi connectivity index (χ1) is 16.4. The van der Waals surface area contributed by atoms with Crippen LogP contribution in [0.4, 0.5) is 9.52 Å². The number of aliphatic hydroxyl groups is 1. The van der Waals surface area contributed by atoms with Gasteiger partial charge in [0.25, 0.3) is 5.78 Å². The number of aliphatic hydroxyl groups excluding tert-OH is 1. The van der Waals surface area contributed by atoms with Gasteiger partial charge in [-0.2, -0.15) is 0 Å². The van der Waals surface area contributed by atoms with Gasteiger partial charge in [0.05, 0.1) is 28.9 Å². The standard InChI is InChI=1S/C25H16BrFN2O4S/c1-33-17-9-10-18-19(12-17)34-25(28-18)29-21(14-3-2-4-15(26)11-14)20(23(31)24(29)32)22(30)13-5-7-16(27)8-6-13/h2-12,21,30H,1H3/b22-20+/t21-/m0/s1. The molecule has 170 valence electrons. The Hall–Kier alpha value is -3.56. The molecule has 0 unspecified atom stereocenters. The Morgan fingerprint density at radius 2 is 1.88 bits per heavy atom. The van der Waals surface area contributed by atoms with Crippen LogP contribution in [0.2, 0.25) is 0 Å². The maximum atomic E-state index is 13.4. The van der Waals surface area contributed by atoms with E-state index < -0.39 is 23.5 Å². The highest BCUT2D eigenvalue weighted by molar-refractivity contribution is 9.10. The number of anilines is 1. The lowest BCUT2D eigenvalue weighted by Gasteiger charge is -2.23. The van der Waals surface area contributed by atoms with E-state index in [4.69, 9.17) is 4.74 Å². The fourth-order valence-corrected chi connectivity index (χ4v) is 5.35. The van der Waals surface area contributed by atoms with Crippen LogP contribution in [0.3, 0.4) is 0 Å². The highest BCUT2D eigenvalue weighted by Gasteiger charge is 2.48. The second-order valence-corrected chi connectivity index (χ2v) is 9.49. The highest BCUT2D eigenvalue weighted by Crippen LogP contribution is 2.45. The number of ether oxygens (including phenoxy) is 1. The Kier molecular flexibility index (Phi) is 5.66. The molecule has 3 aromatic carbocycles. The molecule has 0 aliphatic carbocycles. The number of hydrogen-bond donors (Lipinski definition) is 1. The van der Waals surface area contributed by atoms with E-state index in [0.29, 0.717) is 22.0 Å². The molecule has 9 heteroatoms. The van der Waals surface area contributed by atoms with Crippen molar-refractivity contribution >= 4 is 60.1 Å². The summed E-state index contributed by atoms with van der Waals surface area (Å²) in [4.78, 5) is 32.4. The molecule has 2 heterocycles. The number of halogens is 2. The molecule has 4 aromatic rings. The summed E-state index contributed by atoms with van der Waals surface area (Å²) < 4.78 is 20.2. The average molecular weight is 539 g/mol. The number of Topliss-reactive ketones (excluding diaryl/α,β-unsaturated/α-hetero) is 1. The van der Waals surface area contributed by atoms with Gasteiger partial charge in [-0.25, -0.2) is 9.37 Å². The molecular formula is C25H16BrFN2O4S. The molecule has 1 amide bonds. The summed E-state index contributed by atoms with van der Waals surface area (Å²) in [5.41, 5.74) is 1.39. The number of carbonyl (C=O) groups is 2. The van der Waals surface area contributed by atoms with Crippen molar-refractivity contribution in [3.63, 3.8) is 0 Å². The molecule has 1 aliphatic rings. The minimum absolute atomic E-state index is 0.0912. The molecule has 1 aliphatic heterocycles. The number of amides is 1. The zero-order chi connectivity index (χ0) is 24.0. The summed E-state index contributed by atoms with van der Waals surface area (Å²) in [6, 6.07) is 16.6. The summed E-state index contributed by atoms with van der Waals surface area (Å²) >= 11 is 4.67. The summed E-state index contributed by atoms with van der Waals surface area (Å²) in [5, 5.41) is 11.4. The molecule has 1 atom stereocenters. The number of methoxy groups -OCH3 is 1. The highest BCUT2D eigenvalue weighted by atomic mass is 79.9. The monoisotopic (exact) mass is 538 g/mol. The molecule has 0 bridgehead atoms. The van der Waals surface area contributed by atoms with Gasteiger partial charge in [-0.1, -0.05) is 39.4 Å². The zero-order valence-electron chi connectivity index (χ0n) is 17.7. The number of hydrogen-bond acceptors (Lipinski definition) is 6. The van der Waals surface area contributed by atoms with Gasteiger partial charge in [-0.15, -0.1) is 0 Å². The van der Waals surface area contributed by atoms with Gasteiger partial charge in [0.1, 0.15) is 17.3 Å². The number of thiazole rings is 1. The minimum Gasteiger partial charge on any atom is -0.507 e. The Bertz CT molecular complexity index is 1480. The van der Waals surface area contributed by atoms with Crippen LogP contribution in [-0.2, 0) is 9.59 Å². The van der Waals surface area contributed by atoms with Gasteiger partial charge < -0.3 is 9.84 Å². The van der Waals surface area contributed by atoms with Crippen molar-refractivity contribution in [3.8, 4) is 5.75 Å². The predicted molar refractivity (Wildman–Crippen MR) is 131 cm³/mol. The normalized spacial score (nSPS) is 17.5. The summed E-state index contributed by atoms with van der Waals surface area (Å²) in [6.45, 7) is 0. The van der Waals surface area contributed by atoms with E-state index in [1.54, 1.807) is 43.5 Å². The molecule has 5 rings (SSSR count). The number of aromatic nitrogens is 1. The van der Waals surface area contributed by atoms with Crippen molar-refractivity contribution < 1.29 is 23.8 Å². The molecule has 0 saturated carbocycles. The fraction of sp³-hybridized carbons (Fsp3) is 0.0800. The number of fused-ring (bicyclic) bond motifs is 1. The lowest BCUT2D eigenvalue weighted by atomic mass is 9.95. The first-order valence-corrected chi connectivity index (χ1v) is 11.8. The number of benzene rings is 3. The Balaban J connectivity index is 1.72. The number of nitrogens with zero attached hydrogens (tertiary/aromatic N) is 2. The summed E-state index contributed by atoms with van der Waals surface area (Å²) in [5.74, 6) is -1.87. The smallest absolute Gasteiger partial charge is 0.301 e. The van der Waals surface area contributed by atoms with Gasteiger partial charge in [0.15, 0.2) is 5.13 Å². The Labute approximate surface area is 206 Å². The van der Waals surface area contributed by atoms with Gasteiger partial charge >= 0.3 is 5.91 Å². The van der Waals surface area contributed by atoms with E-state index in [1.807, 2.05) is 6.07 Å². The second-order valence-electron chi connectivity index (χ2n) is 7.56. The van der Waals surface area contributed by atoms with Crippen LogP contribution in [0.1, 0.15) is 17.2 Å². The summed E-state index contributed by atoms with van der Waals surface area (Å²) in [6.07, 6.45) is 0. The molecule has 0 radical (unpaired) electrons. The van der Waals surface area contributed by atoms with Crippen LogP contribution < -0.4 is 9.64 Å². The first-order valence-electron chi connectivity index (χ1n) is 10.1. The van der Waals surface area contributed by atoms with Crippen molar-refractivity contribution in [2.45, 2.75) is 6.04 Å². The SMILES string of the molecule is COc1ccc2nc(N3C(=O)C(=O)/C(=C(/O)c4ccc(F)cc4)[C@@H]3c3cccc(Br)c3)sc2c1. The summed E-state index contributed by atoms with van der Waals surface area (Å²) in [7, 11) is 1.56. The van der Waals surface area contributed by atoms with Crippen LogP contribution in [-0.4, -0.2) is 28.9 Å². The first kappa shape index (κ1) is 22.2. The minimum atomic E-state index is -0.926. The number of carbonyl (C=O) groups excluding carboxylic acids is 2. The van der Waals surface area contributed by atoms with E-state index in [2.05, 4.69) is 20.9 Å². The van der Waals surface area contributed by atoms with Crippen LogP contribution >= 0.6 is 27.3 Å². The van der Waals surface area contributed by atoms with Crippen LogP contribution in [0, 0.1) is 5.82 Å². The van der Waals surface area contributed by atoms with Crippen LogP contribution in [0.5, 0.6) is 5.75 Å². The quantitative estimate of drug-likeness (QED) is 0.201. The second kappa shape index (κ2) is 8.66. The fourth-order valence-electron chi connectivity index (χ4n) is 3.91. The van der Waals surface area contributed by atoms with Gasteiger partial charge in [0, 0.05) is 10.0 Å². The molecule has 34 heavy (non-hydrogen) atoms. The molecule has 0 spiro atoms. The van der Waals surface area contributed by atoms with Crippen molar-refractivity contribution in [2.75, 3.05) is 12.0 Å². The van der Waals surface area contributed by atoms with Crippen molar-refractivity contribution in [3.05, 3.63) is 93.7 Å². The topological polar surface area (TPSA) is 79.7 Å². The molecule has 1 saturated heterocycles. The Morgan fingerprint density at radius 1 is 1.12 bits per heavy atom. The van der Waals surface area contributed by atoms with Gasteiger partial charge in [0.2, 0.25) is 0 Å². The van der Waals surface area contributed by atoms with Crippen molar-refractivity contribution in [1.29, 1.82) is 0 Å². The van der Waals surface area contributed by atoms with E-state index in [9.17, 15) is 19.1 Å². The van der Waals surface area contributed by atoms with Crippen molar-refractivity contribution in [1.82, 2.24) is 4.98 Å². The number of ketones is 1. The molecule has 1 aromatic heterocycles. The van der Waals surface area contributed by atoms with Crippen molar-refractivity contribution in [2.24, 2.45) is 0 Å². The lowest BCUT2D eigenvalue weighted by molar-refractivity contribution is -0.132. The van der Waals surface area contributed by atoms with Crippen LogP contribution in [0.15, 0.2) is 76.8 Å². The van der Waals surface area contributed by atoms with E-state index in [1.165, 1.54) is 40.5 Å². The lowest BCUT2D eigenvalue weighted by Crippen LogP contribution is -2.29. The maximum Gasteiger partial charge on any atom is 0.301 e. The third kappa shape index (κ3) is 3.76. The molecule has 1 fully saturated rings. The zero-order valence-corrected chi connectivity index (χ0v) is 20.1. The molecular weight excluding hydrogens is 523 g/mol. The third-order valence-corrected chi connectivity index (χ3v) is 7.03. The van der Waals surface area contributed by atoms with Gasteiger partial charge in [-0.3, -0.25) is 14.5 Å². The molecule has 6 nitrogen and oxygen atoms in total. The molecule has 1 N–H and O–H groups in total. The van der Waals surface area contributed by atoms with Gasteiger partial charge in [-0.05, 0) is 60.2 Å². The maximum absolute atomic E-state index is 13.4. The van der Waals surface area contributed by atoms with E-state index in [0.717, 1.165) is 9.17 Å². The van der Waals surface area contributed by atoms with E-state index >= 15 is 0 Å². The average Bonchev–Trinajstić information content (AvgIpc) is 3.36. The third-order valence-electron chi connectivity index (χ3n) is 5.52. The van der Waals surface area contributed by atoms with Crippen LogP contribution in [0.25, 0.3) is 16.0 Å². The largest absolute Gasteiger partial charge is 0.507 e. The predicted octanol–water partition coefficient (Wildman–Crippen LogP) is 5.83.